The van der Waals surface area contributed by atoms with Gasteiger partial charge in [-0.1, -0.05) is 48.5 Å². The summed E-state index contributed by atoms with van der Waals surface area (Å²) in [4.78, 5) is 25.0. The van der Waals surface area contributed by atoms with Gasteiger partial charge in [0.15, 0.2) is 29.7 Å². The molecule has 0 spiro atoms. The van der Waals surface area contributed by atoms with Crippen LogP contribution in [-0.4, -0.2) is 28.1 Å². The highest BCUT2D eigenvalue weighted by atomic mass is 19.2. The zero-order chi connectivity index (χ0) is 21.8. The molecule has 0 amide bonds. The fraction of sp³-hybridized carbons (Fsp3) is 0.0417. The number of aromatic nitrogens is 2. The van der Waals surface area contributed by atoms with Gasteiger partial charge in [-0.25, -0.2) is 18.3 Å². The van der Waals surface area contributed by atoms with Gasteiger partial charge in [0.1, 0.15) is 0 Å². The van der Waals surface area contributed by atoms with Crippen molar-refractivity contribution in [3.63, 3.8) is 0 Å². The molecule has 3 aromatic carbocycles. The Hall–Kier alpha value is -4.13. The van der Waals surface area contributed by atoms with E-state index in [1.165, 1.54) is 4.68 Å². The number of ketones is 1. The van der Waals surface area contributed by atoms with Crippen molar-refractivity contribution in [2.45, 2.75) is 0 Å². The number of carbonyl (C=O) groups excluding carboxylic acids is 2. The molecule has 0 aliphatic heterocycles. The number of nitrogens with zero attached hydrogens (tertiary/aromatic N) is 2. The number of rotatable bonds is 6. The van der Waals surface area contributed by atoms with Gasteiger partial charge in [0.2, 0.25) is 0 Å². The lowest BCUT2D eigenvalue weighted by molar-refractivity contribution is 0.0465. The molecule has 0 aliphatic rings. The third-order valence-corrected chi connectivity index (χ3v) is 4.56. The molecular formula is C24H16F2N2O3. The minimum atomic E-state index is -1.15. The third-order valence-electron chi connectivity index (χ3n) is 4.56. The number of esters is 1. The average molecular weight is 418 g/mol. The summed E-state index contributed by atoms with van der Waals surface area (Å²) in [6.07, 6.45) is 0. The van der Waals surface area contributed by atoms with Crippen LogP contribution in [0.1, 0.15) is 20.8 Å². The standard InChI is InChI=1S/C24H16F2N2O3/c25-19-12-11-17(13-20(19)26)23(29)15-31-24(30)22-14-21(16-7-3-1-4-8-16)27-28(22)18-9-5-2-6-10-18/h1-14H,15H2. The fourth-order valence-corrected chi connectivity index (χ4v) is 3.00. The average Bonchev–Trinajstić information content (AvgIpc) is 3.26. The molecule has 0 aliphatic carbocycles. The molecule has 0 fully saturated rings. The van der Waals surface area contributed by atoms with Gasteiger partial charge in [0, 0.05) is 11.1 Å². The normalized spacial score (nSPS) is 10.6. The molecular weight excluding hydrogens is 402 g/mol. The van der Waals surface area contributed by atoms with Gasteiger partial charge in [-0.15, -0.1) is 0 Å². The van der Waals surface area contributed by atoms with Crippen LogP contribution in [0.5, 0.6) is 0 Å². The van der Waals surface area contributed by atoms with E-state index in [1.54, 1.807) is 30.3 Å². The first-order valence-electron chi connectivity index (χ1n) is 9.39. The van der Waals surface area contributed by atoms with Crippen molar-refractivity contribution in [3.05, 3.63) is 108 Å². The Bertz CT molecular complexity index is 1240. The zero-order valence-electron chi connectivity index (χ0n) is 16.2. The van der Waals surface area contributed by atoms with Crippen LogP contribution >= 0.6 is 0 Å². The smallest absolute Gasteiger partial charge is 0.357 e. The Kier molecular flexibility index (Phi) is 5.66. The van der Waals surface area contributed by atoms with E-state index in [0.29, 0.717) is 11.4 Å². The molecule has 1 heterocycles. The van der Waals surface area contributed by atoms with E-state index < -0.39 is 30.0 Å². The Morgan fingerprint density at radius 3 is 2.19 bits per heavy atom. The van der Waals surface area contributed by atoms with Crippen LogP contribution in [0.15, 0.2) is 84.9 Å². The monoisotopic (exact) mass is 418 g/mol. The summed E-state index contributed by atoms with van der Waals surface area (Å²) in [5.41, 5.74) is 2.05. The van der Waals surface area contributed by atoms with Crippen molar-refractivity contribution in [3.8, 4) is 16.9 Å². The van der Waals surface area contributed by atoms with Gasteiger partial charge < -0.3 is 4.74 Å². The predicted octanol–water partition coefficient (Wildman–Crippen LogP) is 4.86. The van der Waals surface area contributed by atoms with E-state index in [0.717, 1.165) is 23.8 Å². The lowest BCUT2D eigenvalue weighted by Crippen LogP contribution is -2.17. The summed E-state index contributed by atoms with van der Waals surface area (Å²) in [7, 11) is 0. The van der Waals surface area contributed by atoms with Crippen molar-refractivity contribution >= 4 is 11.8 Å². The number of carbonyl (C=O) groups is 2. The predicted molar refractivity (Wildman–Crippen MR) is 110 cm³/mol. The molecule has 0 atom stereocenters. The first-order chi connectivity index (χ1) is 15.0. The van der Waals surface area contributed by atoms with Crippen molar-refractivity contribution in [1.82, 2.24) is 9.78 Å². The Morgan fingerprint density at radius 2 is 1.52 bits per heavy atom. The van der Waals surface area contributed by atoms with Crippen molar-refractivity contribution in [2.24, 2.45) is 0 Å². The number of hydrogen-bond donors (Lipinski definition) is 0. The second kappa shape index (κ2) is 8.71. The summed E-state index contributed by atoms with van der Waals surface area (Å²) in [5, 5.41) is 4.52. The van der Waals surface area contributed by atoms with E-state index in [2.05, 4.69) is 5.10 Å². The zero-order valence-corrected chi connectivity index (χ0v) is 16.2. The highest BCUT2D eigenvalue weighted by Crippen LogP contribution is 2.22. The molecule has 0 saturated carbocycles. The summed E-state index contributed by atoms with van der Waals surface area (Å²) < 4.78 is 33.0. The number of halogens is 2. The number of ether oxygens (including phenoxy) is 1. The second-order valence-electron chi connectivity index (χ2n) is 6.66. The quantitative estimate of drug-likeness (QED) is 0.332. The molecule has 1 aromatic heterocycles. The fourth-order valence-electron chi connectivity index (χ4n) is 3.00. The van der Waals surface area contributed by atoms with Crippen LogP contribution in [0.3, 0.4) is 0 Å². The number of hydrogen-bond acceptors (Lipinski definition) is 4. The van der Waals surface area contributed by atoms with Crippen LogP contribution in [0, 0.1) is 11.6 Å². The highest BCUT2D eigenvalue weighted by molar-refractivity contribution is 5.99. The van der Waals surface area contributed by atoms with E-state index in [4.69, 9.17) is 4.74 Å². The van der Waals surface area contributed by atoms with Crippen LogP contribution in [0.4, 0.5) is 8.78 Å². The van der Waals surface area contributed by atoms with E-state index in [-0.39, 0.29) is 11.3 Å². The summed E-state index contributed by atoms with van der Waals surface area (Å²) >= 11 is 0. The van der Waals surface area contributed by atoms with E-state index >= 15 is 0 Å². The van der Waals surface area contributed by atoms with Crippen molar-refractivity contribution in [2.75, 3.05) is 6.61 Å². The van der Waals surface area contributed by atoms with Crippen molar-refractivity contribution in [1.29, 1.82) is 0 Å². The van der Waals surface area contributed by atoms with Gasteiger partial charge in [-0.05, 0) is 36.4 Å². The lowest BCUT2D eigenvalue weighted by atomic mass is 10.1. The topological polar surface area (TPSA) is 61.2 Å². The molecule has 0 N–H and O–H groups in total. The minimum absolute atomic E-state index is 0.0896. The first-order valence-corrected chi connectivity index (χ1v) is 9.39. The molecule has 4 rings (SSSR count). The molecule has 0 bridgehead atoms. The Labute approximate surface area is 176 Å². The maximum atomic E-state index is 13.4. The van der Waals surface area contributed by atoms with Crippen LogP contribution in [0.2, 0.25) is 0 Å². The van der Waals surface area contributed by atoms with Gasteiger partial charge in [0.05, 0.1) is 11.4 Å². The summed E-state index contributed by atoms with van der Waals surface area (Å²) in [6, 6.07) is 22.7. The molecule has 5 nitrogen and oxygen atoms in total. The number of para-hydroxylation sites is 1. The summed E-state index contributed by atoms with van der Waals surface area (Å²) in [5.74, 6) is -3.63. The maximum absolute atomic E-state index is 13.4. The Balaban J connectivity index is 1.60. The molecule has 0 saturated heterocycles. The van der Waals surface area contributed by atoms with Crippen LogP contribution < -0.4 is 0 Å². The molecule has 4 aromatic rings. The number of benzene rings is 3. The van der Waals surface area contributed by atoms with Gasteiger partial charge in [0.25, 0.3) is 0 Å². The molecule has 0 unspecified atom stereocenters. The van der Waals surface area contributed by atoms with Gasteiger partial charge in [-0.2, -0.15) is 5.10 Å². The Morgan fingerprint density at radius 1 is 0.839 bits per heavy atom. The SMILES string of the molecule is O=C(COC(=O)c1cc(-c2ccccc2)nn1-c1ccccc1)c1ccc(F)c(F)c1. The first kappa shape index (κ1) is 20.2. The molecule has 0 radical (unpaired) electrons. The van der Waals surface area contributed by atoms with Gasteiger partial charge >= 0.3 is 5.97 Å². The lowest BCUT2D eigenvalue weighted by Gasteiger charge is -2.08. The summed E-state index contributed by atoms with van der Waals surface area (Å²) in [6.45, 7) is -0.620. The van der Waals surface area contributed by atoms with Crippen LogP contribution in [-0.2, 0) is 4.74 Å². The van der Waals surface area contributed by atoms with Gasteiger partial charge in [-0.3, -0.25) is 4.79 Å². The van der Waals surface area contributed by atoms with E-state index in [9.17, 15) is 18.4 Å². The maximum Gasteiger partial charge on any atom is 0.357 e. The highest BCUT2D eigenvalue weighted by Gasteiger charge is 2.20. The van der Waals surface area contributed by atoms with E-state index in [1.807, 2.05) is 36.4 Å². The number of Topliss-reactive ketones (excluding diaryl/α,β-unsaturated/α-hetero) is 1. The van der Waals surface area contributed by atoms with Crippen LogP contribution in [0.25, 0.3) is 16.9 Å². The largest absolute Gasteiger partial charge is 0.453 e. The minimum Gasteiger partial charge on any atom is -0.453 e. The van der Waals surface area contributed by atoms with Crippen molar-refractivity contribution < 1.29 is 23.1 Å². The molecule has 7 heteroatoms. The molecule has 154 valence electrons. The molecule has 31 heavy (non-hydrogen) atoms. The second-order valence-corrected chi connectivity index (χ2v) is 6.66. The third kappa shape index (κ3) is 4.40.